The normalized spacial score (nSPS) is 20.5. The monoisotopic (exact) mass is 304 g/mol. The molecule has 0 aliphatic carbocycles. The average Bonchev–Trinajstić information content (AvgIpc) is 2.74. The van der Waals surface area contributed by atoms with Crippen molar-refractivity contribution in [2.24, 2.45) is 5.92 Å². The number of hydrogen-bond acceptors (Lipinski definition) is 2. The van der Waals surface area contributed by atoms with Crippen LogP contribution in [0.1, 0.15) is 16.8 Å². The number of rotatable bonds is 2. The molecule has 1 unspecified atom stereocenters. The van der Waals surface area contributed by atoms with E-state index in [1.807, 2.05) is 23.9 Å². The lowest BCUT2D eigenvalue weighted by Gasteiger charge is -2.07. The standard InChI is InChI=1S/C11H10BrClOS/c12-9-2-1-7(5-10(9)13)11(14)8-3-4-15-6-8/h1-2,5,8H,3-4,6H2. The quantitative estimate of drug-likeness (QED) is 0.767. The van der Waals surface area contributed by atoms with Gasteiger partial charge in [0.05, 0.1) is 5.02 Å². The van der Waals surface area contributed by atoms with Crippen molar-refractivity contribution >= 4 is 45.1 Å². The van der Waals surface area contributed by atoms with E-state index in [-0.39, 0.29) is 11.7 Å². The first-order valence-electron chi connectivity index (χ1n) is 4.75. The Bertz CT molecular complexity index is 388. The van der Waals surface area contributed by atoms with E-state index in [9.17, 15) is 4.79 Å². The summed E-state index contributed by atoms with van der Waals surface area (Å²) >= 11 is 11.1. The fourth-order valence-corrected chi connectivity index (χ4v) is 3.27. The van der Waals surface area contributed by atoms with Gasteiger partial charge in [-0.05, 0) is 40.2 Å². The molecule has 4 heteroatoms. The molecular weight excluding hydrogens is 296 g/mol. The third-order valence-electron chi connectivity index (χ3n) is 2.50. The van der Waals surface area contributed by atoms with Gasteiger partial charge in [-0.2, -0.15) is 11.8 Å². The van der Waals surface area contributed by atoms with E-state index in [0.717, 1.165) is 28.0 Å². The van der Waals surface area contributed by atoms with Crippen molar-refractivity contribution in [2.75, 3.05) is 11.5 Å². The third kappa shape index (κ3) is 2.58. The topological polar surface area (TPSA) is 17.1 Å². The van der Waals surface area contributed by atoms with Gasteiger partial charge in [0.2, 0.25) is 0 Å². The molecule has 0 bridgehead atoms. The molecule has 1 aromatic carbocycles. The largest absolute Gasteiger partial charge is 0.294 e. The Morgan fingerprint density at radius 3 is 2.93 bits per heavy atom. The van der Waals surface area contributed by atoms with Gasteiger partial charge in [0.15, 0.2) is 5.78 Å². The summed E-state index contributed by atoms with van der Waals surface area (Å²) in [7, 11) is 0. The smallest absolute Gasteiger partial charge is 0.166 e. The summed E-state index contributed by atoms with van der Waals surface area (Å²) in [4.78, 5) is 12.0. The van der Waals surface area contributed by atoms with E-state index >= 15 is 0 Å². The molecule has 0 N–H and O–H groups in total. The maximum absolute atomic E-state index is 12.0. The lowest BCUT2D eigenvalue weighted by atomic mass is 9.97. The first kappa shape index (κ1) is 11.5. The summed E-state index contributed by atoms with van der Waals surface area (Å²) in [5.74, 6) is 2.47. The van der Waals surface area contributed by atoms with E-state index in [1.165, 1.54) is 0 Å². The number of thioether (sulfide) groups is 1. The highest BCUT2D eigenvalue weighted by Crippen LogP contribution is 2.29. The SMILES string of the molecule is O=C(c1ccc(Br)c(Cl)c1)C1CCSC1. The lowest BCUT2D eigenvalue weighted by molar-refractivity contribution is 0.0933. The predicted molar refractivity (Wildman–Crippen MR) is 68.9 cm³/mol. The summed E-state index contributed by atoms with van der Waals surface area (Å²) in [6.45, 7) is 0. The number of Topliss-reactive ketones (excluding diaryl/α,β-unsaturated/α-hetero) is 1. The third-order valence-corrected chi connectivity index (χ3v) is 4.90. The van der Waals surface area contributed by atoms with Crippen molar-refractivity contribution < 1.29 is 4.79 Å². The van der Waals surface area contributed by atoms with Crippen molar-refractivity contribution in [2.45, 2.75) is 6.42 Å². The van der Waals surface area contributed by atoms with Crippen molar-refractivity contribution in [3.05, 3.63) is 33.3 Å². The minimum atomic E-state index is 0.187. The van der Waals surface area contributed by atoms with Crippen LogP contribution in [0.15, 0.2) is 22.7 Å². The van der Waals surface area contributed by atoms with Crippen LogP contribution in [0.25, 0.3) is 0 Å². The van der Waals surface area contributed by atoms with Crippen molar-refractivity contribution in [3.8, 4) is 0 Å². The summed E-state index contributed by atoms with van der Waals surface area (Å²) < 4.78 is 0.835. The van der Waals surface area contributed by atoms with Crippen LogP contribution in [-0.4, -0.2) is 17.3 Å². The zero-order valence-corrected chi connectivity index (χ0v) is 11.2. The zero-order valence-electron chi connectivity index (χ0n) is 8.00. The van der Waals surface area contributed by atoms with Crippen LogP contribution in [0.3, 0.4) is 0 Å². The second kappa shape index (κ2) is 4.89. The summed E-state index contributed by atoms with van der Waals surface area (Å²) in [6.07, 6.45) is 0.997. The molecule has 2 rings (SSSR count). The Morgan fingerprint density at radius 2 is 2.33 bits per heavy atom. The van der Waals surface area contributed by atoms with E-state index < -0.39 is 0 Å². The fourth-order valence-electron chi connectivity index (χ4n) is 1.63. The van der Waals surface area contributed by atoms with Crippen molar-refractivity contribution in [3.63, 3.8) is 0 Å². The molecule has 0 saturated carbocycles. The maximum Gasteiger partial charge on any atom is 0.166 e. The number of hydrogen-bond donors (Lipinski definition) is 0. The van der Waals surface area contributed by atoms with Crippen LogP contribution in [0.2, 0.25) is 5.02 Å². The Hall–Kier alpha value is 0.01000. The van der Waals surface area contributed by atoms with Crippen LogP contribution in [0.4, 0.5) is 0 Å². The lowest BCUT2D eigenvalue weighted by Crippen LogP contribution is -2.13. The van der Waals surface area contributed by atoms with Crippen molar-refractivity contribution in [1.82, 2.24) is 0 Å². The Balaban J connectivity index is 2.21. The molecule has 1 heterocycles. The van der Waals surface area contributed by atoms with E-state index in [1.54, 1.807) is 6.07 Å². The van der Waals surface area contributed by atoms with Gasteiger partial charge < -0.3 is 0 Å². The molecule has 1 nitrogen and oxygen atoms in total. The highest BCUT2D eigenvalue weighted by molar-refractivity contribution is 9.10. The highest BCUT2D eigenvalue weighted by Gasteiger charge is 2.24. The van der Waals surface area contributed by atoms with E-state index in [0.29, 0.717) is 5.02 Å². The molecule has 0 aromatic heterocycles. The molecular formula is C11H10BrClOS. The Labute approximate surface area is 107 Å². The molecule has 1 aliphatic heterocycles. The maximum atomic E-state index is 12.0. The summed E-state index contributed by atoms with van der Waals surface area (Å²) in [5.41, 5.74) is 0.732. The predicted octanol–water partition coefficient (Wildman–Crippen LogP) is 4.04. The number of carbonyl (C=O) groups is 1. The number of benzene rings is 1. The Kier molecular flexibility index (Phi) is 3.75. The van der Waals surface area contributed by atoms with Crippen LogP contribution in [-0.2, 0) is 0 Å². The van der Waals surface area contributed by atoms with Gasteiger partial charge in [-0.25, -0.2) is 0 Å². The molecule has 0 radical (unpaired) electrons. The summed E-state index contributed by atoms with van der Waals surface area (Å²) in [6, 6.07) is 5.41. The number of carbonyl (C=O) groups excluding carboxylic acids is 1. The second-order valence-electron chi connectivity index (χ2n) is 3.55. The molecule has 1 saturated heterocycles. The van der Waals surface area contributed by atoms with Gasteiger partial charge in [-0.15, -0.1) is 0 Å². The number of halogens is 2. The molecule has 1 atom stereocenters. The first-order chi connectivity index (χ1) is 7.18. The van der Waals surface area contributed by atoms with Crippen LogP contribution in [0.5, 0.6) is 0 Å². The van der Waals surface area contributed by atoms with Gasteiger partial charge >= 0.3 is 0 Å². The van der Waals surface area contributed by atoms with Gasteiger partial charge in [0.25, 0.3) is 0 Å². The molecule has 15 heavy (non-hydrogen) atoms. The average molecular weight is 306 g/mol. The van der Waals surface area contributed by atoms with Gasteiger partial charge in [0.1, 0.15) is 0 Å². The summed E-state index contributed by atoms with van der Waals surface area (Å²) in [5, 5.41) is 0.603. The molecule has 1 aromatic rings. The highest BCUT2D eigenvalue weighted by atomic mass is 79.9. The number of ketones is 1. The molecule has 80 valence electrons. The Morgan fingerprint density at radius 1 is 1.53 bits per heavy atom. The molecule has 1 aliphatic rings. The van der Waals surface area contributed by atoms with Gasteiger partial charge in [0, 0.05) is 21.7 Å². The van der Waals surface area contributed by atoms with E-state index in [4.69, 9.17) is 11.6 Å². The zero-order chi connectivity index (χ0) is 10.8. The van der Waals surface area contributed by atoms with E-state index in [2.05, 4.69) is 15.9 Å². The molecule has 0 spiro atoms. The van der Waals surface area contributed by atoms with Crippen LogP contribution < -0.4 is 0 Å². The van der Waals surface area contributed by atoms with Gasteiger partial charge in [-0.1, -0.05) is 17.7 Å². The minimum Gasteiger partial charge on any atom is -0.294 e. The minimum absolute atomic E-state index is 0.187. The molecule has 0 amide bonds. The van der Waals surface area contributed by atoms with Gasteiger partial charge in [-0.3, -0.25) is 4.79 Å². The van der Waals surface area contributed by atoms with Crippen molar-refractivity contribution in [1.29, 1.82) is 0 Å². The van der Waals surface area contributed by atoms with Crippen LogP contribution in [0, 0.1) is 5.92 Å². The first-order valence-corrected chi connectivity index (χ1v) is 7.08. The van der Waals surface area contributed by atoms with Crippen LogP contribution >= 0.6 is 39.3 Å². The second-order valence-corrected chi connectivity index (χ2v) is 5.97. The fraction of sp³-hybridized carbons (Fsp3) is 0.364. The molecule has 1 fully saturated rings.